The van der Waals surface area contributed by atoms with Crippen molar-refractivity contribution >= 4 is 5.91 Å². The van der Waals surface area contributed by atoms with Crippen LogP contribution in [0.3, 0.4) is 0 Å². The average molecular weight is 370 g/mol. The molecule has 0 aromatic heterocycles. The van der Waals surface area contributed by atoms with Crippen LogP contribution in [0.2, 0.25) is 0 Å². The second-order valence-electron chi connectivity index (χ2n) is 8.71. The number of nitrogens with one attached hydrogen (secondary N) is 2. The molecule has 5 aliphatic heterocycles. The zero-order valence-electron chi connectivity index (χ0n) is 16.2. The Hall–Kier alpha value is -1.63. The minimum Gasteiger partial charge on any atom is -0.497 e. The Morgan fingerprint density at radius 3 is 2.70 bits per heavy atom. The van der Waals surface area contributed by atoms with E-state index >= 15 is 0 Å². The molecule has 0 aliphatic carbocycles. The summed E-state index contributed by atoms with van der Waals surface area (Å²) in [6.07, 6.45) is 3.32. The highest BCUT2D eigenvalue weighted by molar-refractivity contribution is 5.83. The van der Waals surface area contributed by atoms with Crippen molar-refractivity contribution in [1.29, 1.82) is 0 Å². The third kappa shape index (κ3) is 2.85. The Balaban J connectivity index is 1.47. The molecule has 5 saturated heterocycles. The molecule has 0 saturated carbocycles. The second kappa shape index (κ2) is 6.76. The molecule has 6 rings (SSSR count). The molecule has 5 fully saturated rings. The number of hydrogen-bond donors (Lipinski definition) is 2. The predicted molar refractivity (Wildman–Crippen MR) is 103 cm³/mol. The predicted octanol–water partition coefficient (Wildman–Crippen LogP) is 1.34. The first-order chi connectivity index (χ1) is 13.2. The van der Waals surface area contributed by atoms with E-state index in [0.29, 0.717) is 30.0 Å². The van der Waals surface area contributed by atoms with Crippen LogP contribution in [0, 0.1) is 5.92 Å². The standard InChI is InChI=1S/C21H30N4O2/c1-13-10-18(23-22-13)21(26)25-12-17(15-4-3-5-16(11-15)27-2)20-19(25)14-6-8-24(20)9-7-14/h3-5,11,13-14,17-20,22-23H,6-10,12H2,1-2H3/t13?,17-,18?,19+,20+/m1/s1. The van der Waals surface area contributed by atoms with Gasteiger partial charge in [-0.3, -0.25) is 15.1 Å². The van der Waals surface area contributed by atoms with Crippen molar-refractivity contribution in [2.45, 2.75) is 56.3 Å². The van der Waals surface area contributed by atoms with Crippen LogP contribution in [-0.4, -0.2) is 66.6 Å². The van der Waals surface area contributed by atoms with Crippen LogP contribution < -0.4 is 15.6 Å². The monoisotopic (exact) mass is 370 g/mol. The van der Waals surface area contributed by atoms with Gasteiger partial charge in [0.2, 0.25) is 5.91 Å². The molecule has 0 spiro atoms. The van der Waals surface area contributed by atoms with Crippen molar-refractivity contribution < 1.29 is 9.53 Å². The van der Waals surface area contributed by atoms with E-state index in [0.717, 1.165) is 18.7 Å². The molecule has 6 heteroatoms. The number of piperidine rings is 3. The molecule has 1 aromatic rings. The molecule has 2 unspecified atom stereocenters. The summed E-state index contributed by atoms with van der Waals surface area (Å²) in [4.78, 5) is 18.3. The summed E-state index contributed by atoms with van der Waals surface area (Å²) in [7, 11) is 1.72. The number of hydrogen-bond acceptors (Lipinski definition) is 5. The van der Waals surface area contributed by atoms with Gasteiger partial charge in [-0.15, -0.1) is 0 Å². The number of methoxy groups -OCH3 is 1. The molecule has 2 N–H and O–H groups in total. The highest BCUT2D eigenvalue weighted by Gasteiger charge is 2.55. The van der Waals surface area contributed by atoms with Gasteiger partial charge in [0.25, 0.3) is 0 Å². The molecule has 146 valence electrons. The molecule has 1 aromatic carbocycles. The SMILES string of the molecule is COc1cccc([C@H]2CN(C(=O)C3CC(C)NN3)[C@H]3C4CCN(CC4)[C@@H]23)c1. The quantitative estimate of drug-likeness (QED) is 0.841. The maximum Gasteiger partial charge on any atom is 0.241 e. The van der Waals surface area contributed by atoms with E-state index in [9.17, 15) is 4.79 Å². The molecule has 27 heavy (non-hydrogen) atoms. The third-order valence-corrected chi connectivity index (χ3v) is 7.19. The molecule has 2 bridgehead atoms. The van der Waals surface area contributed by atoms with Crippen molar-refractivity contribution in [2.75, 3.05) is 26.7 Å². The highest BCUT2D eigenvalue weighted by atomic mass is 16.5. The Morgan fingerprint density at radius 1 is 1.19 bits per heavy atom. The van der Waals surface area contributed by atoms with Crippen molar-refractivity contribution in [3.8, 4) is 5.75 Å². The summed E-state index contributed by atoms with van der Waals surface area (Å²) in [5.41, 5.74) is 7.74. The normalized spacial score (nSPS) is 40.2. The van der Waals surface area contributed by atoms with E-state index in [1.54, 1.807) is 7.11 Å². The lowest BCUT2D eigenvalue weighted by molar-refractivity contribution is -0.138. The number of amides is 1. The van der Waals surface area contributed by atoms with Gasteiger partial charge in [0.15, 0.2) is 0 Å². The van der Waals surface area contributed by atoms with Gasteiger partial charge in [0.1, 0.15) is 11.8 Å². The topological polar surface area (TPSA) is 56.8 Å². The van der Waals surface area contributed by atoms with Gasteiger partial charge in [0.05, 0.1) is 13.2 Å². The number of carbonyl (C=O) groups is 1. The lowest BCUT2D eigenvalue weighted by atomic mass is 9.75. The minimum absolute atomic E-state index is 0.0971. The lowest BCUT2D eigenvalue weighted by Gasteiger charge is -2.51. The van der Waals surface area contributed by atoms with Gasteiger partial charge in [-0.2, -0.15) is 0 Å². The van der Waals surface area contributed by atoms with Crippen LogP contribution in [0.15, 0.2) is 24.3 Å². The first-order valence-electron chi connectivity index (χ1n) is 10.3. The number of hydrazine groups is 1. The molecule has 6 nitrogen and oxygen atoms in total. The molecule has 1 amide bonds. The number of fused-ring (bicyclic) bond motifs is 2. The Bertz CT molecular complexity index is 718. The minimum atomic E-state index is -0.0971. The third-order valence-electron chi connectivity index (χ3n) is 7.19. The molecular formula is C21H30N4O2. The summed E-state index contributed by atoms with van der Waals surface area (Å²) >= 11 is 0. The summed E-state index contributed by atoms with van der Waals surface area (Å²) < 4.78 is 5.47. The lowest BCUT2D eigenvalue weighted by Crippen LogP contribution is -2.62. The number of nitrogens with zero attached hydrogens (tertiary/aromatic N) is 2. The maximum atomic E-state index is 13.4. The van der Waals surface area contributed by atoms with E-state index in [2.05, 4.69) is 45.8 Å². The van der Waals surface area contributed by atoms with Gasteiger partial charge in [-0.1, -0.05) is 12.1 Å². The van der Waals surface area contributed by atoms with Gasteiger partial charge in [0, 0.05) is 24.5 Å². The average Bonchev–Trinajstić information content (AvgIpc) is 3.34. The smallest absolute Gasteiger partial charge is 0.241 e. The Labute approximate surface area is 161 Å². The van der Waals surface area contributed by atoms with E-state index in [-0.39, 0.29) is 11.9 Å². The van der Waals surface area contributed by atoms with Gasteiger partial charge >= 0.3 is 0 Å². The van der Waals surface area contributed by atoms with Gasteiger partial charge in [-0.25, -0.2) is 5.43 Å². The number of benzene rings is 1. The van der Waals surface area contributed by atoms with E-state index in [1.807, 2.05) is 6.07 Å². The van der Waals surface area contributed by atoms with Crippen LogP contribution in [0.5, 0.6) is 5.75 Å². The largest absolute Gasteiger partial charge is 0.497 e. The number of rotatable bonds is 3. The fourth-order valence-electron chi connectivity index (χ4n) is 5.92. The van der Waals surface area contributed by atoms with Crippen molar-refractivity contribution in [3.63, 3.8) is 0 Å². The molecule has 5 aliphatic rings. The number of likely N-dealkylation sites (tertiary alicyclic amines) is 1. The van der Waals surface area contributed by atoms with Crippen LogP contribution in [-0.2, 0) is 4.79 Å². The van der Waals surface area contributed by atoms with Crippen molar-refractivity contribution in [1.82, 2.24) is 20.7 Å². The van der Waals surface area contributed by atoms with Gasteiger partial charge in [-0.05, 0) is 62.9 Å². The second-order valence-corrected chi connectivity index (χ2v) is 8.71. The van der Waals surface area contributed by atoms with Crippen LogP contribution >= 0.6 is 0 Å². The molecule has 0 radical (unpaired) electrons. The summed E-state index contributed by atoms with van der Waals surface area (Å²) in [5.74, 6) is 2.19. The maximum absolute atomic E-state index is 13.4. The molecule has 5 atom stereocenters. The van der Waals surface area contributed by atoms with Crippen molar-refractivity contribution in [3.05, 3.63) is 29.8 Å². The summed E-state index contributed by atoms with van der Waals surface area (Å²) in [5, 5.41) is 0. The first kappa shape index (κ1) is 17.5. The fourth-order valence-corrected chi connectivity index (χ4v) is 5.92. The van der Waals surface area contributed by atoms with E-state index in [1.165, 1.54) is 31.5 Å². The number of ether oxygens (including phenoxy) is 1. The molecular weight excluding hydrogens is 340 g/mol. The first-order valence-corrected chi connectivity index (χ1v) is 10.3. The zero-order valence-corrected chi connectivity index (χ0v) is 16.2. The van der Waals surface area contributed by atoms with Crippen LogP contribution in [0.4, 0.5) is 0 Å². The summed E-state index contributed by atoms with van der Waals surface area (Å²) in [6.45, 7) is 5.30. The van der Waals surface area contributed by atoms with E-state index in [4.69, 9.17) is 4.74 Å². The van der Waals surface area contributed by atoms with E-state index < -0.39 is 0 Å². The van der Waals surface area contributed by atoms with Gasteiger partial charge < -0.3 is 9.64 Å². The summed E-state index contributed by atoms with van der Waals surface area (Å²) in [6, 6.07) is 9.50. The zero-order chi connectivity index (χ0) is 18.5. The van der Waals surface area contributed by atoms with Crippen LogP contribution in [0.1, 0.15) is 37.7 Å². The Kier molecular flexibility index (Phi) is 4.37. The highest BCUT2D eigenvalue weighted by Crippen LogP contribution is 2.47. The fraction of sp³-hybridized carbons (Fsp3) is 0.667. The number of carbonyl (C=O) groups excluding carboxylic acids is 1. The molecule has 5 heterocycles. The van der Waals surface area contributed by atoms with Crippen LogP contribution in [0.25, 0.3) is 0 Å². The Morgan fingerprint density at radius 2 is 2.00 bits per heavy atom. The van der Waals surface area contributed by atoms with Crippen molar-refractivity contribution in [2.24, 2.45) is 5.92 Å².